The van der Waals surface area contributed by atoms with E-state index in [1.54, 1.807) is 14.2 Å². The summed E-state index contributed by atoms with van der Waals surface area (Å²) in [6.45, 7) is 0. The molecule has 0 saturated carbocycles. The van der Waals surface area contributed by atoms with Crippen molar-refractivity contribution in [3.05, 3.63) is 303 Å². The molecule has 10 aromatic rings. The molecule has 0 aliphatic rings. The molecule has 0 heterocycles. The molecule has 6 nitrogen and oxygen atoms in total. The Hall–Kier alpha value is -6.96. The monoisotopic (exact) mass is 1040 g/mol. The molecule has 0 N–H and O–H groups in total. The van der Waals surface area contributed by atoms with Gasteiger partial charge in [-0.2, -0.15) is 0 Å². The quantitative estimate of drug-likeness (QED) is 0.0633. The third-order valence-electron chi connectivity index (χ3n) is 13.3. The van der Waals surface area contributed by atoms with Crippen LogP contribution in [-0.4, -0.2) is 57.0 Å². The fraction of sp³-hybridized carbons (Fsp3) is 0.0323. The molecule has 10 rings (SSSR count). The predicted octanol–water partition coefficient (Wildman–Crippen LogP) is 6.63. The van der Waals surface area contributed by atoms with E-state index in [2.05, 4.69) is 231 Å². The highest BCUT2D eigenvalue weighted by Crippen LogP contribution is 2.29. The second-order valence-electron chi connectivity index (χ2n) is 17.6. The minimum Gasteiger partial charge on any atom is -0.419 e. The molecule has 0 fully saturated rings. The summed E-state index contributed by atoms with van der Waals surface area (Å²) < 4.78 is 47.6. The van der Waals surface area contributed by atoms with E-state index in [1.165, 1.54) is 0 Å². The first-order valence-corrected chi connectivity index (χ1v) is 33.5. The first-order valence-electron chi connectivity index (χ1n) is 24.5. The summed E-state index contributed by atoms with van der Waals surface area (Å²) >= 11 is 0. The molecule has 0 radical (unpaired) electrons. The van der Waals surface area contributed by atoms with Crippen LogP contribution in [0.25, 0.3) is 0 Å². The standard InChI is InChI=1S/C62H56O6Si5/c1-63-73(64-2,67-71(59-45-25-9-26-46-59,60-47-27-10-28-48-60)65-69(53-33-13-3-14-34-53,54-35-15-4-16-36-54)55-37-17-5-18-38-55)68-72(61-49-29-11-30-50-61,62-51-31-12-32-52-62)66-70(56-39-19-6-20-40-56,57-41-21-7-22-42-57)58-43-23-8-24-44-58/h3-52H,1-2H3. The lowest BCUT2D eigenvalue weighted by Gasteiger charge is -2.48. The van der Waals surface area contributed by atoms with Gasteiger partial charge in [0.1, 0.15) is 0 Å². The van der Waals surface area contributed by atoms with Crippen LogP contribution in [0.15, 0.2) is 303 Å². The highest BCUT2D eigenvalue weighted by molar-refractivity contribution is 7.15. The van der Waals surface area contributed by atoms with E-state index < -0.39 is 42.8 Å². The van der Waals surface area contributed by atoms with Crippen LogP contribution in [0.2, 0.25) is 0 Å². The molecular weight excluding hydrogens is 981 g/mol. The first-order chi connectivity index (χ1) is 36.0. The van der Waals surface area contributed by atoms with Gasteiger partial charge in [0.25, 0.3) is 16.6 Å². The van der Waals surface area contributed by atoms with Gasteiger partial charge in [0, 0.05) is 14.2 Å². The van der Waals surface area contributed by atoms with Crippen molar-refractivity contribution < 1.29 is 25.3 Å². The van der Waals surface area contributed by atoms with Gasteiger partial charge in [-0.25, -0.2) is 0 Å². The summed E-state index contributed by atoms with van der Waals surface area (Å²) in [4.78, 5) is 0. The van der Waals surface area contributed by atoms with E-state index in [-0.39, 0.29) is 0 Å². The van der Waals surface area contributed by atoms with Crippen molar-refractivity contribution in [1.82, 2.24) is 0 Å². The van der Waals surface area contributed by atoms with Gasteiger partial charge in [0.15, 0.2) is 0 Å². The van der Waals surface area contributed by atoms with Crippen molar-refractivity contribution in [2.24, 2.45) is 0 Å². The lowest BCUT2D eigenvalue weighted by molar-refractivity contribution is 0.0654. The zero-order valence-corrected chi connectivity index (χ0v) is 45.8. The predicted molar refractivity (Wildman–Crippen MR) is 308 cm³/mol. The third-order valence-corrected chi connectivity index (χ3v) is 34.6. The molecule has 0 aliphatic carbocycles. The average Bonchev–Trinajstić information content (AvgIpc) is 3.49. The van der Waals surface area contributed by atoms with Gasteiger partial charge in [0.2, 0.25) is 0 Å². The molecule has 73 heavy (non-hydrogen) atoms. The fourth-order valence-electron chi connectivity index (χ4n) is 9.92. The van der Waals surface area contributed by atoms with E-state index in [4.69, 9.17) is 25.3 Å². The van der Waals surface area contributed by atoms with Crippen LogP contribution >= 0.6 is 0 Å². The Labute approximate surface area is 434 Å². The molecule has 0 unspecified atom stereocenters. The van der Waals surface area contributed by atoms with Crippen molar-refractivity contribution in [3.8, 4) is 0 Å². The Morgan fingerprint density at radius 3 is 0.493 bits per heavy atom. The van der Waals surface area contributed by atoms with Crippen LogP contribution in [-0.2, 0) is 25.3 Å². The minimum atomic E-state index is -4.63. The lowest BCUT2D eigenvalue weighted by atomic mass is 10.3. The van der Waals surface area contributed by atoms with Crippen LogP contribution in [0.1, 0.15) is 0 Å². The molecule has 0 spiro atoms. The van der Waals surface area contributed by atoms with Crippen molar-refractivity contribution in [1.29, 1.82) is 0 Å². The zero-order chi connectivity index (χ0) is 49.9. The van der Waals surface area contributed by atoms with Crippen molar-refractivity contribution in [2.75, 3.05) is 14.2 Å². The summed E-state index contributed by atoms with van der Waals surface area (Å²) in [5.41, 5.74) is 0. The smallest absolute Gasteiger partial charge is 0.419 e. The van der Waals surface area contributed by atoms with E-state index in [0.717, 1.165) is 51.9 Å². The Kier molecular flexibility index (Phi) is 15.2. The van der Waals surface area contributed by atoms with E-state index >= 15 is 0 Å². The molecule has 0 aliphatic heterocycles. The Morgan fingerprint density at radius 2 is 0.342 bits per heavy atom. The molecule has 11 heteroatoms. The molecular formula is C62H56O6Si5. The average molecular weight is 1040 g/mol. The van der Waals surface area contributed by atoms with Gasteiger partial charge in [-0.3, -0.25) is 0 Å². The van der Waals surface area contributed by atoms with Gasteiger partial charge < -0.3 is 25.3 Å². The molecule has 10 aromatic carbocycles. The summed E-state index contributed by atoms with van der Waals surface area (Å²) in [5, 5.41) is 9.70. The summed E-state index contributed by atoms with van der Waals surface area (Å²) in [6, 6.07) is 105. The SMILES string of the molecule is CO[Si](OC)(O[Si](O[Si](c1ccccc1)(c1ccccc1)c1ccccc1)(c1ccccc1)c1ccccc1)O[Si](O[Si](c1ccccc1)(c1ccccc1)c1ccccc1)(c1ccccc1)c1ccccc1. The van der Waals surface area contributed by atoms with Crippen LogP contribution in [0.4, 0.5) is 0 Å². The van der Waals surface area contributed by atoms with E-state index in [1.807, 2.05) is 72.8 Å². The maximum Gasteiger partial charge on any atom is 0.661 e. The van der Waals surface area contributed by atoms with Crippen molar-refractivity contribution in [2.45, 2.75) is 0 Å². The number of benzene rings is 10. The Balaban J connectivity index is 1.29. The Bertz CT molecular complexity index is 2750. The van der Waals surface area contributed by atoms with E-state index in [0.29, 0.717) is 0 Å². The van der Waals surface area contributed by atoms with Gasteiger partial charge in [-0.1, -0.05) is 303 Å². The molecule has 0 aromatic heterocycles. The first kappa shape index (κ1) is 49.6. The maximum absolute atomic E-state index is 8.58. The van der Waals surface area contributed by atoms with Gasteiger partial charge >= 0.3 is 26.2 Å². The normalized spacial score (nSPS) is 12.3. The number of hydrogen-bond acceptors (Lipinski definition) is 6. The second-order valence-corrected chi connectivity index (χ2v) is 33.6. The number of hydrogen-bond donors (Lipinski definition) is 0. The summed E-state index contributed by atoms with van der Waals surface area (Å²) in [7, 11) is -17.1. The van der Waals surface area contributed by atoms with Crippen LogP contribution in [0.5, 0.6) is 0 Å². The van der Waals surface area contributed by atoms with Gasteiger partial charge in [0.05, 0.1) is 0 Å². The second kappa shape index (κ2) is 22.4. The van der Waals surface area contributed by atoms with Crippen molar-refractivity contribution >= 4 is 94.7 Å². The highest BCUT2D eigenvalue weighted by Gasteiger charge is 2.65. The van der Waals surface area contributed by atoms with Gasteiger partial charge in [-0.15, -0.1) is 0 Å². The van der Waals surface area contributed by atoms with Crippen LogP contribution < -0.4 is 51.9 Å². The van der Waals surface area contributed by atoms with Crippen LogP contribution in [0.3, 0.4) is 0 Å². The molecule has 0 atom stereocenters. The van der Waals surface area contributed by atoms with Crippen molar-refractivity contribution in [3.63, 3.8) is 0 Å². The minimum absolute atomic E-state index is 0.852. The fourth-order valence-corrected chi connectivity index (χ4v) is 35.1. The van der Waals surface area contributed by atoms with Crippen LogP contribution in [0, 0.1) is 0 Å². The summed E-state index contributed by atoms with van der Waals surface area (Å²) in [6.07, 6.45) is 0. The molecule has 0 bridgehead atoms. The molecule has 0 amide bonds. The topological polar surface area (TPSA) is 55.4 Å². The maximum atomic E-state index is 8.58. The van der Waals surface area contributed by atoms with Gasteiger partial charge in [-0.05, 0) is 51.9 Å². The lowest BCUT2D eigenvalue weighted by Crippen LogP contribution is -2.83. The molecule has 0 saturated heterocycles. The summed E-state index contributed by atoms with van der Waals surface area (Å²) in [5.74, 6) is 0. The zero-order valence-electron chi connectivity index (χ0n) is 40.8. The number of rotatable bonds is 20. The molecule has 360 valence electrons. The third kappa shape index (κ3) is 9.73. The van der Waals surface area contributed by atoms with E-state index in [9.17, 15) is 0 Å². The Morgan fingerprint density at radius 1 is 0.192 bits per heavy atom. The largest absolute Gasteiger partial charge is 0.661 e. The highest BCUT2D eigenvalue weighted by atomic mass is 28.5.